The Balaban J connectivity index is 1.26. The first kappa shape index (κ1) is 38.7. The number of aliphatic hydroxyl groups is 1. The minimum absolute atomic E-state index is 0.0357. The van der Waals surface area contributed by atoms with Gasteiger partial charge in [0.15, 0.2) is 0 Å². The molecule has 0 aromatic rings. The van der Waals surface area contributed by atoms with E-state index < -0.39 is 11.2 Å². The number of carbonyl (C=O) groups excluding carboxylic acids is 3. The van der Waals surface area contributed by atoms with Gasteiger partial charge in [0.2, 0.25) is 5.91 Å². The number of allylic oxidation sites excluding steroid dienone is 1. The maximum absolute atomic E-state index is 14.2. The standard InChI is InChI=1S/C39H60N4O7S2/c1-5-22(2)36(46)50-38(3)9-8-24-20-51-52-21-30-28(17-41-4)19-43(30)34(45)13-27-18-42-33(40)14-29(27)35(24)39(38)16-26-12-25-11-23(7-6-10-44)37(47)48-31(25)15-32(26)49-39/h5,8,23,25-33,35,41-42,44H,6-7,9-21,40H2,1-4H3/t23?,25?,26?,27?,28-,29?,30-,31?,32?,33?,35-,38-,39-/m0/s1. The summed E-state index contributed by atoms with van der Waals surface area (Å²) in [7, 11) is 5.70. The van der Waals surface area contributed by atoms with Crippen molar-refractivity contribution in [2.24, 2.45) is 47.2 Å². The van der Waals surface area contributed by atoms with Gasteiger partial charge in [0, 0.05) is 80.5 Å². The molecule has 6 fully saturated rings. The summed E-state index contributed by atoms with van der Waals surface area (Å²) in [5.74, 6) is 2.12. The molecule has 0 aromatic heterocycles. The number of fused-ring (bicyclic) bond motifs is 7. The molecule has 13 atom stereocenters. The average Bonchev–Trinajstić information content (AvgIpc) is 3.48. The smallest absolute Gasteiger partial charge is 0.334 e. The van der Waals surface area contributed by atoms with E-state index >= 15 is 0 Å². The fourth-order valence-corrected chi connectivity index (χ4v) is 13.5. The number of nitrogens with one attached hydrogen (secondary N) is 2. The van der Waals surface area contributed by atoms with Crippen molar-refractivity contribution in [2.75, 3.05) is 44.8 Å². The first-order valence-electron chi connectivity index (χ1n) is 19.7. The highest BCUT2D eigenvalue weighted by Gasteiger charge is 2.68. The Hall–Kier alpha value is -1.61. The fraction of sp³-hybridized carbons (Fsp3) is 0.821. The molecular weight excluding hydrogens is 701 g/mol. The molecule has 7 rings (SSSR count). The Morgan fingerprint density at radius 2 is 2.02 bits per heavy atom. The lowest BCUT2D eigenvalue weighted by Crippen LogP contribution is -2.66. The summed E-state index contributed by atoms with van der Waals surface area (Å²) >= 11 is 0. The van der Waals surface area contributed by atoms with Gasteiger partial charge in [-0.15, -0.1) is 0 Å². The van der Waals surface area contributed by atoms with Gasteiger partial charge >= 0.3 is 11.9 Å². The number of rotatable bonds is 7. The van der Waals surface area contributed by atoms with Gasteiger partial charge in [-0.25, -0.2) is 4.79 Å². The summed E-state index contributed by atoms with van der Waals surface area (Å²) in [6.07, 6.45) is 9.47. The van der Waals surface area contributed by atoms with Crippen molar-refractivity contribution in [2.45, 2.75) is 114 Å². The zero-order valence-corrected chi connectivity index (χ0v) is 33.0. The van der Waals surface area contributed by atoms with E-state index in [1.54, 1.807) is 13.0 Å². The van der Waals surface area contributed by atoms with E-state index in [1.165, 1.54) is 5.57 Å². The normalized spacial score (nSPS) is 43.7. The summed E-state index contributed by atoms with van der Waals surface area (Å²) in [5, 5.41) is 16.3. The van der Waals surface area contributed by atoms with E-state index in [0.717, 1.165) is 43.9 Å². The lowest BCUT2D eigenvalue weighted by atomic mass is 9.56. The number of aliphatic hydroxyl groups excluding tert-OH is 1. The molecule has 1 saturated carbocycles. The van der Waals surface area contributed by atoms with E-state index in [-0.39, 0.29) is 84.4 Å². The van der Waals surface area contributed by atoms with Crippen molar-refractivity contribution >= 4 is 39.4 Å². The van der Waals surface area contributed by atoms with Crippen LogP contribution in [0, 0.1) is 41.4 Å². The maximum atomic E-state index is 14.2. The highest BCUT2D eigenvalue weighted by atomic mass is 33.1. The van der Waals surface area contributed by atoms with Crippen LogP contribution >= 0.6 is 21.6 Å². The molecule has 7 aliphatic rings. The van der Waals surface area contributed by atoms with Gasteiger partial charge in [-0.05, 0) is 90.0 Å². The predicted octanol–water partition coefficient (Wildman–Crippen LogP) is 3.80. The Kier molecular flexibility index (Phi) is 11.8. The van der Waals surface area contributed by atoms with Gasteiger partial charge < -0.3 is 40.6 Å². The third-order valence-corrected chi connectivity index (χ3v) is 16.3. The molecule has 52 heavy (non-hydrogen) atoms. The Bertz CT molecular complexity index is 1430. The van der Waals surface area contributed by atoms with Crippen LogP contribution in [0.25, 0.3) is 0 Å². The number of ether oxygens (including phenoxy) is 3. The molecule has 0 aromatic carbocycles. The van der Waals surface area contributed by atoms with Gasteiger partial charge in [0.05, 0.1) is 18.2 Å². The fourth-order valence-electron chi connectivity index (χ4n) is 11.0. The van der Waals surface area contributed by atoms with Crippen LogP contribution in [0.5, 0.6) is 0 Å². The Morgan fingerprint density at radius 1 is 1.19 bits per heavy atom. The summed E-state index contributed by atoms with van der Waals surface area (Å²) in [4.78, 5) is 43.1. The highest BCUT2D eigenvalue weighted by Crippen LogP contribution is 2.62. The Labute approximate surface area is 317 Å². The third kappa shape index (κ3) is 7.14. The van der Waals surface area contributed by atoms with Crippen molar-refractivity contribution in [1.82, 2.24) is 15.5 Å². The molecule has 13 heteroatoms. The first-order valence-corrected chi connectivity index (χ1v) is 22.2. The van der Waals surface area contributed by atoms with Crippen molar-refractivity contribution in [3.63, 3.8) is 0 Å². The number of hydrogen-bond acceptors (Lipinski definition) is 12. The third-order valence-electron chi connectivity index (χ3n) is 13.9. The zero-order chi connectivity index (χ0) is 36.8. The van der Waals surface area contributed by atoms with E-state index in [9.17, 15) is 19.5 Å². The number of nitrogens with two attached hydrogens (primary N) is 1. The average molecular weight is 761 g/mol. The second-order valence-corrected chi connectivity index (χ2v) is 19.4. The molecule has 5 heterocycles. The molecule has 5 saturated heterocycles. The molecule has 1 spiro atoms. The lowest BCUT2D eigenvalue weighted by Gasteiger charge is -2.57. The minimum atomic E-state index is -0.966. The molecule has 1 amide bonds. The number of hydrogen-bond donors (Lipinski definition) is 4. The molecule has 290 valence electrons. The van der Waals surface area contributed by atoms with Crippen LogP contribution in [0.4, 0.5) is 0 Å². The van der Waals surface area contributed by atoms with Crippen LogP contribution in [-0.4, -0.2) is 108 Å². The zero-order valence-electron chi connectivity index (χ0n) is 31.3. The molecular formula is C39H60N4O7S2. The predicted molar refractivity (Wildman–Crippen MR) is 203 cm³/mol. The number of nitrogens with zero attached hydrogens (tertiary/aromatic N) is 1. The van der Waals surface area contributed by atoms with Crippen molar-refractivity contribution < 1.29 is 33.7 Å². The molecule has 5 N–H and O–H groups in total. The second-order valence-electron chi connectivity index (χ2n) is 16.9. The van der Waals surface area contributed by atoms with Crippen molar-refractivity contribution in [3.05, 3.63) is 23.3 Å². The van der Waals surface area contributed by atoms with Crippen LogP contribution in [-0.2, 0) is 28.6 Å². The van der Waals surface area contributed by atoms with Gasteiger partial charge in [0.25, 0.3) is 0 Å². The van der Waals surface area contributed by atoms with E-state index in [4.69, 9.17) is 19.9 Å². The lowest BCUT2D eigenvalue weighted by molar-refractivity contribution is -0.229. The summed E-state index contributed by atoms with van der Waals surface area (Å²) in [6, 6.07) is 0.233. The van der Waals surface area contributed by atoms with Crippen LogP contribution in [0.3, 0.4) is 0 Å². The molecule has 8 unspecified atom stereocenters. The SMILES string of the molecule is CC=C(C)C(=O)O[C@@]1(C)CC=C2CSSC[C@H]3[C@@H](CNC)CN3C(=O)CC3CNC(N)CC3[C@H]2[C@@]12CC1CC3CC(CCCO)C(=O)OC3CC1O2. The molecule has 5 aliphatic heterocycles. The van der Waals surface area contributed by atoms with Gasteiger partial charge in [-0.1, -0.05) is 39.3 Å². The first-order chi connectivity index (χ1) is 25.0. The number of amides is 1. The van der Waals surface area contributed by atoms with Gasteiger partial charge in [-0.3, -0.25) is 9.59 Å². The second kappa shape index (κ2) is 15.9. The Morgan fingerprint density at radius 3 is 2.79 bits per heavy atom. The monoisotopic (exact) mass is 760 g/mol. The minimum Gasteiger partial charge on any atom is -0.462 e. The molecule has 11 nitrogen and oxygen atoms in total. The van der Waals surface area contributed by atoms with Crippen LogP contribution < -0.4 is 16.4 Å². The van der Waals surface area contributed by atoms with Crippen LogP contribution in [0.2, 0.25) is 0 Å². The maximum Gasteiger partial charge on any atom is 0.334 e. The molecule has 2 aliphatic carbocycles. The number of esters is 2. The largest absolute Gasteiger partial charge is 0.462 e. The quantitative estimate of drug-likeness (QED) is 0.129. The van der Waals surface area contributed by atoms with Crippen LogP contribution in [0.15, 0.2) is 23.3 Å². The number of piperidine rings is 1. The topological polar surface area (TPSA) is 152 Å². The van der Waals surface area contributed by atoms with E-state index in [2.05, 4.69) is 28.5 Å². The summed E-state index contributed by atoms with van der Waals surface area (Å²) < 4.78 is 20.3. The van der Waals surface area contributed by atoms with E-state index in [0.29, 0.717) is 56.6 Å². The molecule has 0 radical (unpaired) electrons. The summed E-state index contributed by atoms with van der Waals surface area (Å²) in [5.41, 5.74) is 6.80. The number of carbonyl (C=O) groups is 3. The van der Waals surface area contributed by atoms with Crippen molar-refractivity contribution in [1.29, 1.82) is 0 Å². The summed E-state index contributed by atoms with van der Waals surface area (Å²) in [6.45, 7) is 8.14. The highest BCUT2D eigenvalue weighted by molar-refractivity contribution is 8.76. The van der Waals surface area contributed by atoms with Crippen LogP contribution in [0.1, 0.15) is 78.6 Å². The molecule has 0 bridgehead atoms. The van der Waals surface area contributed by atoms with Gasteiger partial charge in [-0.2, -0.15) is 0 Å². The van der Waals surface area contributed by atoms with Gasteiger partial charge in [0.1, 0.15) is 17.3 Å². The van der Waals surface area contributed by atoms with Crippen molar-refractivity contribution in [3.8, 4) is 0 Å². The van der Waals surface area contributed by atoms with E-state index in [1.807, 2.05) is 35.6 Å².